The zero-order valence-corrected chi connectivity index (χ0v) is 11.4. The predicted octanol–water partition coefficient (Wildman–Crippen LogP) is 4.06. The molecule has 96 valence electrons. The van der Waals surface area contributed by atoms with Gasteiger partial charge in [0.15, 0.2) is 0 Å². The highest BCUT2D eigenvalue weighted by atomic mass is 35.5. The maximum Gasteiger partial charge on any atom is 0.208 e. The molecule has 19 heavy (non-hydrogen) atoms. The molecule has 0 aliphatic carbocycles. The smallest absolute Gasteiger partial charge is 0.208 e. The summed E-state index contributed by atoms with van der Waals surface area (Å²) >= 11 is 5.95. The number of alkyl halides is 1. The molecular weight excluding hydrogens is 258 g/mol. The van der Waals surface area contributed by atoms with Gasteiger partial charge in [-0.2, -0.15) is 0 Å². The SMILES string of the molecule is Cn1c(Nc2ccccc2CCl)nc2ccccc21. The highest BCUT2D eigenvalue weighted by Gasteiger charge is 2.08. The van der Waals surface area contributed by atoms with Crippen LogP contribution >= 0.6 is 11.6 Å². The number of hydrogen-bond acceptors (Lipinski definition) is 2. The number of nitrogens with zero attached hydrogens (tertiary/aromatic N) is 2. The first-order chi connectivity index (χ1) is 9.29. The molecule has 1 N–H and O–H groups in total. The third kappa shape index (κ3) is 2.17. The second kappa shape index (κ2) is 4.94. The third-order valence-corrected chi connectivity index (χ3v) is 3.48. The average Bonchev–Trinajstić information content (AvgIpc) is 2.77. The van der Waals surface area contributed by atoms with Crippen LogP contribution in [-0.2, 0) is 12.9 Å². The zero-order chi connectivity index (χ0) is 13.2. The molecule has 3 aromatic rings. The summed E-state index contributed by atoms with van der Waals surface area (Å²) in [7, 11) is 2.00. The van der Waals surface area contributed by atoms with E-state index in [0.717, 1.165) is 28.2 Å². The second-order valence-corrected chi connectivity index (χ2v) is 4.67. The molecule has 0 aliphatic heterocycles. The van der Waals surface area contributed by atoms with Crippen LogP contribution < -0.4 is 5.32 Å². The van der Waals surface area contributed by atoms with Gasteiger partial charge in [-0.25, -0.2) is 4.98 Å². The highest BCUT2D eigenvalue weighted by molar-refractivity contribution is 6.17. The Labute approximate surface area is 116 Å². The zero-order valence-electron chi connectivity index (χ0n) is 10.6. The molecule has 3 nitrogen and oxygen atoms in total. The number of anilines is 2. The van der Waals surface area contributed by atoms with Crippen molar-refractivity contribution in [3.63, 3.8) is 0 Å². The van der Waals surface area contributed by atoms with Crippen LogP contribution in [0, 0.1) is 0 Å². The topological polar surface area (TPSA) is 29.9 Å². The Balaban J connectivity index is 2.03. The fraction of sp³-hybridized carbons (Fsp3) is 0.133. The summed E-state index contributed by atoms with van der Waals surface area (Å²) in [6.07, 6.45) is 0. The van der Waals surface area contributed by atoms with Crippen molar-refractivity contribution < 1.29 is 0 Å². The summed E-state index contributed by atoms with van der Waals surface area (Å²) in [6, 6.07) is 16.1. The molecule has 1 heterocycles. The van der Waals surface area contributed by atoms with E-state index >= 15 is 0 Å². The Kier molecular flexibility index (Phi) is 3.13. The first kappa shape index (κ1) is 12.1. The molecule has 2 aromatic carbocycles. The van der Waals surface area contributed by atoms with E-state index in [9.17, 15) is 0 Å². The van der Waals surface area contributed by atoms with Crippen molar-refractivity contribution >= 4 is 34.3 Å². The molecule has 0 radical (unpaired) electrons. The number of hydrogen-bond donors (Lipinski definition) is 1. The summed E-state index contributed by atoms with van der Waals surface area (Å²) in [5.74, 6) is 1.30. The largest absolute Gasteiger partial charge is 0.325 e. The van der Waals surface area contributed by atoms with E-state index in [4.69, 9.17) is 11.6 Å². The molecule has 0 atom stereocenters. The second-order valence-electron chi connectivity index (χ2n) is 4.40. The van der Waals surface area contributed by atoms with Crippen LogP contribution in [0.25, 0.3) is 11.0 Å². The van der Waals surface area contributed by atoms with Crippen molar-refractivity contribution in [2.75, 3.05) is 5.32 Å². The Morgan fingerprint density at radius 2 is 1.84 bits per heavy atom. The normalized spacial score (nSPS) is 10.8. The van der Waals surface area contributed by atoms with Gasteiger partial charge in [-0.3, -0.25) is 0 Å². The molecule has 4 heteroatoms. The minimum Gasteiger partial charge on any atom is -0.325 e. The molecule has 3 rings (SSSR count). The van der Waals surface area contributed by atoms with E-state index in [0.29, 0.717) is 5.88 Å². The first-order valence-electron chi connectivity index (χ1n) is 6.12. The predicted molar refractivity (Wildman–Crippen MR) is 80.0 cm³/mol. The maximum atomic E-state index is 5.95. The monoisotopic (exact) mass is 271 g/mol. The molecule has 0 spiro atoms. The van der Waals surface area contributed by atoms with Gasteiger partial charge in [0.1, 0.15) is 0 Å². The van der Waals surface area contributed by atoms with Crippen LogP contribution in [-0.4, -0.2) is 9.55 Å². The molecule has 1 aromatic heterocycles. The summed E-state index contributed by atoms with van der Waals surface area (Å²) in [5.41, 5.74) is 4.15. The Morgan fingerprint density at radius 1 is 1.11 bits per heavy atom. The van der Waals surface area contributed by atoms with Gasteiger partial charge in [0.2, 0.25) is 5.95 Å². The van der Waals surface area contributed by atoms with Crippen molar-refractivity contribution in [1.82, 2.24) is 9.55 Å². The van der Waals surface area contributed by atoms with Crippen molar-refractivity contribution in [2.24, 2.45) is 7.05 Å². The quantitative estimate of drug-likeness (QED) is 0.728. The molecular formula is C15H14ClN3. The van der Waals surface area contributed by atoms with E-state index in [1.807, 2.05) is 54.1 Å². The van der Waals surface area contributed by atoms with E-state index in [2.05, 4.69) is 16.4 Å². The van der Waals surface area contributed by atoms with Gasteiger partial charge >= 0.3 is 0 Å². The van der Waals surface area contributed by atoms with Gasteiger partial charge in [0.05, 0.1) is 11.0 Å². The highest BCUT2D eigenvalue weighted by Crippen LogP contribution is 2.24. The maximum absolute atomic E-state index is 5.95. The van der Waals surface area contributed by atoms with Gasteiger partial charge in [-0.15, -0.1) is 11.6 Å². The van der Waals surface area contributed by atoms with Gasteiger partial charge in [-0.05, 0) is 23.8 Å². The molecule has 0 fully saturated rings. The van der Waals surface area contributed by atoms with Crippen LogP contribution in [0.5, 0.6) is 0 Å². The number of halogens is 1. The van der Waals surface area contributed by atoms with Crippen LogP contribution in [0.4, 0.5) is 11.6 Å². The van der Waals surface area contributed by atoms with E-state index in [1.54, 1.807) is 0 Å². The lowest BCUT2D eigenvalue weighted by atomic mass is 10.2. The number of benzene rings is 2. The van der Waals surface area contributed by atoms with E-state index in [1.165, 1.54) is 0 Å². The number of fused-ring (bicyclic) bond motifs is 1. The van der Waals surface area contributed by atoms with Crippen molar-refractivity contribution in [1.29, 1.82) is 0 Å². The molecule has 0 unspecified atom stereocenters. The molecule has 0 saturated carbocycles. The molecule has 0 bridgehead atoms. The lowest BCUT2D eigenvalue weighted by Gasteiger charge is -2.09. The summed E-state index contributed by atoms with van der Waals surface area (Å²) < 4.78 is 2.04. The number of rotatable bonds is 3. The number of imidazole rings is 1. The number of aryl methyl sites for hydroxylation is 1. The lowest BCUT2D eigenvalue weighted by Crippen LogP contribution is -2.01. The molecule has 0 amide bonds. The van der Waals surface area contributed by atoms with E-state index in [-0.39, 0.29) is 0 Å². The van der Waals surface area contributed by atoms with Crippen LogP contribution in [0.1, 0.15) is 5.56 Å². The summed E-state index contributed by atoms with van der Waals surface area (Å²) in [5, 5.41) is 3.35. The fourth-order valence-corrected chi connectivity index (χ4v) is 2.37. The number of aromatic nitrogens is 2. The van der Waals surface area contributed by atoms with Crippen molar-refractivity contribution in [3.8, 4) is 0 Å². The van der Waals surface area contributed by atoms with Crippen molar-refractivity contribution in [2.45, 2.75) is 5.88 Å². The standard InChI is InChI=1S/C15H14ClN3/c1-19-14-9-5-4-8-13(14)18-15(19)17-12-7-3-2-6-11(12)10-16/h2-9H,10H2,1H3,(H,17,18). The van der Waals surface area contributed by atoms with Crippen LogP contribution in [0.2, 0.25) is 0 Å². The minimum absolute atomic E-state index is 0.479. The number of para-hydroxylation sites is 3. The van der Waals surface area contributed by atoms with E-state index < -0.39 is 0 Å². The summed E-state index contributed by atoms with van der Waals surface area (Å²) in [4.78, 5) is 4.59. The Morgan fingerprint density at radius 3 is 2.63 bits per heavy atom. The number of nitrogens with one attached hydrogen (secondary N) is 1. The Hall–Kier alpha value is -2.00. The van der Waals surface area contributed by atoms with Gasteiger partial charge in [-0.1, -0.05) is 30.3 Å². The fourth-order valence-electron chi connectivity index (χ4n) is 2.14. The van der Waals surface area contributed by atoms with Crippen LogP contribution in [0.15, 0.2) is 48.5 Å². The molecule has 0 saturated heterocycles. The Bertz CT molecular complexity index is 718. The lowest BCUT2D eigenvalue weighted by molar-refractivity contribution is 0.957. The molecule has 0 aliphatic rings. The average molecular weight is 272 g/mol. The third-order valence-electron chi connectivity index (χ3n) is 3.19. The van der Waals surface area contributed by atoms with Gasteiger partial charge in [0.25, 0.3) is 0 Å². The summed E-state index contributed by atoms with van der Waals surface area (Å²) in [6.45, 7) is 0. The van der Waals surface area contributed by atoms with Gasteiger partial charge in [0, 0.05) is 18.6 Å². The van der Waals surface area contributed by atoms with Crippen molar-refractivity contribution in [3.05, 3.63) is 54.1 Å². The first-order valence-corrected chi connectivity index (χ1v) is 6.65. The van der Waals surface area contributed by atoms with Crippen LogP contribution in [0.3, 0.4) is 0 Å². The van der Waals surface area contributed by atoms with Gasteiger partial charge < -0.3 is 9.88 Å². The minimum atomic E-state index is 0.479.